The maximum Gasteiger partial charge on any atom is 0.416 e. The minimum atomic E-state index is -4.46. The van der Waals surface area contributed by atoms with Crippen molar-refractivity contribution in [2.45, 2.75) is 12.4 Å². The standard InChI is InChI=1S/C10H10F3NO2.C8H4ClF3O.C2H7NO/c1-14(16-2)9(15)7-4-3-5-8(6-7)10(11,12)13;9-7(13)5-2-1-3-6(4-5)8(10,11)12;1-3-4-2/h3-6H,1-2H3;1-4H;3H,1-2H3. The van der Waals surface area contributed by atoms with E-state index in [0.717, 1.165) is 35.4 Å². The Bertz CT molecular complexity index is 905. The van der Waals surface area contributed by atoms with Gasteiger partial charge in [-0.2, -0.15) is 26.3 Å². The molecule has 1 amide bonds. The number of hydrogen-bond acceptors (Lipinski definition) is 5. The van der Waals surface area contributed by atoms with Gasteiger partial charge in [0.15, 0.2) is 0 Å². The lowest BCUT2D eigenvalue weighted by atomic mass is 10.1. The molecule has 0 saturated carbocycles. The van der Waals surface area contributed by atoms with Crippen LogP contribution in [0.25, 0.3) is 0 Å². The molecule has 0 radical (unpaired) electrons. The number of carbonyl (C=O) groups excluding carboxylic acids is 2. The summed E-state index contributed by atoms with van der Waals surface area (Å²) in [5, 5.41) is -0.0405. The Labute approximate surface area is 190 Å². The largest absolute Gasteiger partial charge is 0.416 e. The quantitative estimate of drug-likeness (QED) is 0.354. The molecule has 0 aliphatic rings. The second-order valence-corrected chi connectivity index (χ2v) is 6.17. The Morgan fingerprint density at radius 3 is 1.61 bits per heavy atom. The Morgan fingerprint density at radius 2 is 1.27 bits per heavy atom. The Balaban J connectivity index is 0.000000542. The van der Waals surface area contributed by atoms with Gasteiger partial charge in [0.1, 0.15) is 0 Å². The molecule has 0 aliphatic carbocycles. The molecule has 2 rings (SSSR count). The predicted octanol–water partition coefficient (Wildman–Crippen LogP) is 5.19. The lowest BCUT2D eigenvalue weighted by Crippen LogP contribution is -2.25. The number of amides is 1. The van der Waals surface area contributed by atoms with Gasteiger partial charge in [-0.05, 0) is 41.9 Å². The van der Waals surface area contributed by atoms with Crippen LogP contribution in [0.2, 0.25) is 0 Å². The van der Waals surface area contributed by atoms with Gasteiger partial charge in [0.05, 0.1) is 25.3 Å². The van der Waals surface area contributed by atoms with Crippen LogP contribution in [0.3, 0.4) is 0 Å². The van der Waals surface area contributed by atoms with Crippen molar-refractivity contribution in [1.29, 1.82) is 0 Å². The summed E-state index contributed by atoms with van der Waals surface area (Å²) < 4.78 is 73.3. The van der Waals surface area contributed by atoms with Crippen molar-refractivity contribution in [2.24, 2.45) is 0 Å². The summed E-state index contributed by atoms with van der Waals surface area (Å²) in [6.45, 7) is 0. The lowest BCUT2D eigenvalue weighted by Gasteiger charge is -2.14. The third-order valence-corrected chi connectivity index (χ3v) is 3.84. The van der Waals surface area contributed by atoms with Crippen LogP contribution in [-0.4, -0.2) is 44.5 Å². The van der Waals surface area contributed by atoms with E-state index in [2.05, 4.69) is 15.2 Å². The number of hydroxylamine groups is 3. The zero-order chi connectivity index (χ0) is 25.8. The van der Waals surface area contributed by atoms with Gasteiger partial charge < -0.3 is 4.84 Å². The van der Waals surface area contributed by atoms with E-state index in [1.54, 1.807) is 14.2 Å². The zero-order valence-corrected chi connectivity index (χ0v) is 18.6. The van der Waals surface area contributed by atoms with Crippen LogP contribution < -0.4 is 5.48 Å². The molecule has 0 bridgehead atoms. The number of carbonyl (C=O) groups is 2. The van der Waals surface area contributed by atoms with Crippen molar-refractivity contribution in [3.8, 4) is 0 Å². The number of alkyl halides is 6. The number of nitrogens with zero attached hydrogens (tertiary/aromatic N) is 1. The van der Waals surface area contributed by atoms with Crippen LogP contribution in [0.1, 0.15) is 31.8 Å². The average Bonchev–Trinajstić information content (AvgIpc) is 2.77. The van der Waals surface area contributed by atoms with Crippen LogP contribution in [0.15, 0.2) is 48.5 Å². The van der Waals surface area contributed by atoms with Crippen LogP contribution in [0, 0.1) is 0 Å². The van der Waals surface area contributed by atoms with E-state index in [1.807, 2.05) is 0 Å². The van der Waals surface area contributed by atoms with Gasteiger partial charge in [-0.15, -0.1) is 0 Å². The van der Waals surface area contributed by atoms with Crippen molar-refractivity contribution in [3.05, 3.63) is 70.8 Å². The maximum atomic E-state index is 12.4. The SMILES string of the molecule is CNOC.CON(C)C(=O)c1cccc(C(F)(F)F)c1.O=C(Cl)c1cccc(C(F)(F)F)c1. The molecule has 0 fully saturated rings. The average molecular weight is 503 g/mol. The van der Waals surface area contributed by atoms with Crippen LogP contribution in [-0.2, 0) is 22.0 Å². The second kappa shape index (κ2) is 13.8. The lowest BCUT2D eigenvalue weighted by molar-refractivity contribution is -0.138. The normalized spacial score (nSPS) is 10.9. The molecule has 6 nitrogen and oxygen atoms in total. The fourth-order valence-corrected chi connectivity index (χ4v) is 2.03. The summed E-state index contributed by atoms with van der Waals surface area (Å²) in [4.78, 5) is 30.9. The number of benzene rings is 2. The highest BCUT2D eigenvalue weighted by atomic mass is 35.5. The first-order chi connectivity index (χ1) is 15.2. The van der Waals surface area contributed by atoms with E-state index in [0.29, 0.717) is 0 Å². The first kappa shape index (κ1) is 30.3. The molecule has 184 valence electrons. The molecule has 0 saturated heterocycles. The van der Waals surface area contributed by atoms with Crippen molar-refractivity contribution >= 4 is 22.8 Å². The van der Waals surface area contributed by atoms with Gasteiger partial charge in [0, 0.05) is 25.2 Å². The molecule has 0 spiro atoms. The maximum absolute atomic E-state index is 12.4. The summed E-state index contributed by atoms with van der Waals surface area (Å²) in [5.41, 5.74) is 0.470. The fraction of sp³-hybridized carbons (Fsp3) is 0.300. The fourth-order valence-electron chi connectivity index (χ4n) is 1.91. The van der Waals surface area contributed by atoms with Gasteiger partial charge in [-0.3, -0.25) is 14.4 Å². The molecule has 0 atom stereocenters. The van der Waals surface area contributed by atoms with Crippen molar-refractivity contribution in [3.63, 3.8) is 0 Å². The number of hydrogen-bond donors (Lipinski definition) is 1. The Morgan fingerprint density at radius 1 is 0.879 bits per heavy atom. The first-order valence-corrected chi connectivity index (χ1v) is 9.13. The highest BCUT2D eigenvalue weighted by Crippen LogP contribution is 2.30. The minimum absolute atomic E-state index is 0.0702. The minimum Gasteiger partial charge on any atom is -0.305 e. The van der Waals surface area contributed by atoms with E-state index in [1.165, 1.54) is 32.4 Å². The summed E-state index contributed by atoms with van der Waals surface area (Å²) in [6.07, 6.45) is -8.90. The van der Waals surface area contributed by atoms with E-state index in [9.17, 15) is 35.9 Å². The van der Waals surface area contributed by atoms with Crippen molar-refractivity contribution in [1.82, 2.24) is 10.5 Å². The van der Waals surface area contributed by atoms with Gasteiger partial charge >= 0.3 is 12.4 Å². The van der Waals surface area contributed by atoms with Gasteiger partial charge in [0.25, 0.3) is 11.1 Å². The van der Waals surface area contributed by atoms with Gasteiger partial charge in [-0.25, -0.2) is 10.5 Å². The summed E-state index contributed by atoms with van der Waals surface area (Å²) in [5.74, 6) is -0.631. The van der Waals surface area contributed by atoms with Crippen molar-refractivity contribution < 1.29 is 45.6 Å². The molecular formula is C20H21ClF6N2O4. The molecular weight excluding hydrogens is 482 g/mol. The Hall–Kier alpha value is -2.67. The van der Waals surface area contributed by atoms with Crippen LogP contribution in [0.5, 0.6) is 0 Å². The predicted molar refractivity (Wildman–Crippen MR) is 108 cm³/mol. The molecule has 33 heavy (non-hydrogen) atoms. The number of halogens is 7. The second-order valence-electron chi connectivity index (χ2n) is 5.82. The zero-order valence-electron chi connectivity index (χ0n) is 17.8. The number of nitrogens with one attached hydrogen (secondary N) is 1. The molecule has 13 heteroatoms. The van der Waals surface area contributed by atoms with E-state index >= 15 is 0 Å². The third-order valence-electron chi connectivity index (χ3n) is 3.62. The molecule has 2 aromatic rings. The first-order valence-electron chi connectivity index (χ1n) is 8.75. The van der Waals surface area contributed by atoms with E-state index in [4.69, 9.17) is 11.6 Å². The summed E-state index contributed by atoms with van der Waals surface area (Å²) >= 11 is 5.02. The molecule has 0 heterocycles. The molecule has 0 aromatic heterocycles. The molecule has 0 aliphatic heterocycles. The highest BCUT2D eigenvalue weighted by Gasteiger charge is 2.31. The van der Waals surface area contributed by atoms with Crippen molar-refractivity contribution in [2.75, 3.05) is 28.3 Å². The van der Waals surface area contributed by atoms with Gasteiger partial charge in [-0.1, -0.05) is 18.2 Å². The van der Waals surface area contributed by atoms with E-state index < -0.39 is 34.6 Å². The smallest absolute Gasteiger partial charge is 0.305 e. The van der Waals surface area contributed by atoms with E-state index in [-0.39, 0.29) is 11.1 Å². The molecule has 0 unspecified atom stereocenters. The monoisotopic (exact) mass is 502 g/mol. The summed E-state index contributed by atoms with van der Waals surface area (Å²) in [6, 6.07) is 8.13. The highest BCUT2D eigenvalue weighted by molar-refractivity contribution is 6.67. The number of rotatable bonds is 4. The van der Waals surface area contributed by atoms with Crippen LogP contribution >= 0.6 is 11.6 Å². The molecule has 2 aromatic carbocycles. The topological polar surface area (TPSA) is 67.9 Å². The van der Waals surface area contributed by atoms with Gasteiger partial charge in [0.2, 0.25) is 0 Å². The Kier molecular flexibility index (Phi) is 12.7. The third kappa shape index (κ3) is 11.1. The summed E-state index contributed by atoms with van der Waals surface area (Å²) in [7, 11) is 5.86. The van der Waals surface area contributed by atoms with Crippen LogP contribution in [0.4, 0.5) is 26.3 Å². The molecule has 1 N–H and O–H groups in total.